The van der Waals surface area contributed by atoms with Crippen LogP contribution in [0, 0.1) is 0 Å². The molecule has 5 nitrogen and oxygen atoms in total. The van der Waals surface area contributed by atoms with Crippen LogP contribution in [0.3, 0.4) is 0 Å². The molecule has 2 aromatic heterocycles. The maximum atomic E-state index is 12.2. The Labute approximate surface area is 110 Å². The molecule has 0 spiro atoms. The van der Waals surface area contributed by atoms with Crippen LogP contribution >= 0.6 is 11.3 Å². The Balaban J connectivity index is 2.30. The fraction of sp³-hybridized carbons (Fsp3) is 0.333. The van der Waals surface area contributed by atoms with Gasteiger partial charge in [-0.15, -0.1) is 11.3 Å². The topological polar surface area (TPSA) is 71.2 Å². The summed E-state index contributed by atoms with van der Waals surface area (Å²) in [5, 5.41) is 3.87. The number of hydrogen-bond donors (Lipinski definition) is 2. The van der Waals surface area contributed by atoms with E-state index in [9.17, 15) is 4.79 Å². The highest BCUT2D eigenvalue weighted by atomic mass is 32.1. The zero-order chi connectivity index (χ0) is 13.1. The number of nitrogen functional groups attached to an aromatic ring is 1. The summed E-state index contributed by atoms with van der Waals surface area (Å²) in [4.78, 5) is 19.5. The molecule has 0 saturated heterocycles. The van der Waals surface area contributed by atoms with Crippen molar-refractivity contribution in [2.75, 3.05) is 32.9 Å². The summed E-state index contributed by atoms with van der Waals surface area (Å²) < 4.78 is 0. The fourth-order valence-corrected chi connectivity index (χ4v) is 2.72. The molecule has 0 aliphatic heterocycles. The monoisotopic (exact) mass is 264 g/mol. The minimum atomic E-state index is -0.0502. The number of aromatic nitrogens is 1. The van der Waals surface area contributed by atoms with Crippen LogP contribution in [-0.2, 0) is 0 Å². The number of hydrogen-bond acceptors (Lipinski definition) is 5. The number of fused-ring (bicyclic) bond motifs is 1. The lowest BCUT2D eigenvalue weighted by Gasteiger charge is -2.16. The van der Waals surface area contributed by atoms with Gasteiger partial charge in [-0.25, -0.2) is 4.98 Å². The Morgan fingerprint density at radius 2 is 2.39 bits per heavy atom. The number of nitrogens with two attached hydrogens (primary N) is 1. The molecule has 0 atom stereocenters. The molecule has 2 aromatic rings. The van der Waals surface area contributed by atoms with Gasteiger partial charge in [-0.05, 0) is 19.2 Å². The van der Waals surface area contributed by atoms with Gasteiger partial charge in [-0.3, -0.25) is 4.79 Å². The van der Waals surface area contributed by atoms with E-state index in [1.165, 1.54) is 11.3 Å². The van der Waals surface area contributed by atoms with E-state index in [0.29, 0.717) is 17.1 Å². The van der Waals surface area contributed by atoms with Crippen LogP contribution in [0.4, 0.5) is 5.69 Å². The lowest BCUT2D eigenvalue weighted by molar-refractivity contribution is 0.0802. The maximum Gasteiger partial charge on any atom is 0.265 e. The number of thiophene rings is 1. The summed E-state index contributed by atoms with van der Waals surface area (Å²) in [6.07, 6.45) is 1.71. The molecule has 0 fully saturated rings. The molecule has 0 aromatic carbocycles. The van der Waals surface area contributed by atoms with Crippen molar-refractivity contribution in [2.45, 2.75) is 0 Å². The lowest BCUT2D eigenvalue weighted by atomic mass is 10.2. The lowest BCUT2D eigenvalue weighted by Crippen LogP contribution is -2.32. The average Bonchev–Trinajstić information content (AvgIpc) is 2.73. The van der Waals surface area contributed by atoms with Gasteiger partial charge >= 0.3 is 0 Å². The summed E-state index contributed by atoms with van der Waals surface area (Å²) in [5.74, 6) is -0.0502. The second-order valence-corrected chi connectivity index (χ2v) is 5.03. The van der Waals surface area contributed by atoms with Crippen LogP contribution < -0.4 is 11.1 Å². The van der Waals surface area contributed by atoms with E-state index < -0.39 is 0 Å². The number of carbonyl (C=O) groups excluding carboxylic acids is 1. The van der Waals surface area contributed by atoms with Crippen LogP contribution in [0.25, 0.3) is 10.2 Å². The van der Waals surface area contributed by atoms with Crippen molar-refractivity contribution in [3.63, 3.8) is 0 Å². The van der Waals surface area contributed by atoms with Gasteiger partial charge in [0.15, 0.2) is 0 Å². The van der Waals surface area contributed by atoms with Gasteiger partial charge in [0.25, 0.3) is 5.91 Å². The molecule has 0 bridgehead atoms. The fourth-order valence-electron chi connectivity index (χ4n) is 1.66. The van der Waals surface area contributed by atoms with Gasteiger partial charge in [-0.1, -0.05) is 0 Å². The first-order valence-corrected chi connectivity index (χ1v) is 6.50. The van der Waals surface area contributed by atoms with Gasteiger partial charge < -0.3 is 16.0 Å². The smallest absolute Gasteiger partial charge is 0.265 e. The Bertz CT molecular complexity index is 566. The Morgan fingerprint density at radius 3 is 3.06 bits per heavy atom. The molecular formula is C12H16N4OS. The van der Waals surface area contributed by atoms with Crippen molar-refractivity contribution < 1.29 is 4.79 Å². The Hall–Kier alpha value is -1.66. The van der Waals surface area contributed by atoms with Crippen LogP contribution in [0.5, 0.6) is 0 Å². The van der Waals surface area contributed by atoms with E-state index in [0.717, 1.165) is 16.8 Å². The number of nitrogens with one attached hydrogen (secondary N) is 1. The number of likely N-dealkylation sites (N-methyl/N-ethyl adjacent to an activating group) is 2. The minimum absolute atomic E-state index is 0.0502. The highest BCUT2D eigenvalue weighted by Gasteiger charge is 2.19. The standard InChI is InChI=1S/C12H16N4OS/c1-14-6-7-16(2)12(17)10-9(13)8-4-3-5-15-11(8)18-10/h3-5,14H,6-7,13H2,1-2H3. The van der Waals surface area contributed by atoms with E-state index in [-0.39, 0.29) is 5.91 Å². The number of anilines is 1. The number of carbonyl (C=O) groups is 1. The van der Waals surface area contributed by atoms with E-state index in [2.05, 4.69) is 10.3 Å². The van der Waals surface area contributed by atoms with Gasteiger partial charge in [-0.2, -0.15) is 0 Å². The Morgan fingerprint density at radius 1 is 1.61 bits per heavy atom. The SMILES string of the molecule is CNCCN(C)C(=O)c1sc2ncccc2c1N. The highest BCUT2D eigenvalue weighted by Crippen LogP contribution is 2.32. The van der Waals surface area contributed by atoms with Crippen molar-refractivity contribution in [1.29, 1.82) is 0 Å². The number of rotatable bonds is 4. The van der Waals surface area contributed by atoms with Crippen molar-refractivity contribution in [2.24, 2.45) is 0 Å². The van der Waals surface area contributed by atoms with Gasteiger partial charge in [0.05, 0.1) is 5.69 Å². The van der Waals surface area contributed by atoms with E-state index in [1.54, 1.807) is 18.1 Å². The summed E-state index contributed by atoms with van der Waals surface area (Å²) in [5.41, 5.74) is 6.55. The van der Waals surface area contributed by atoms with E-state index in [4.69, 9.17) is 5.73 Å². The molecular weight excluding hydrogens is 248 g/mol. The van der Waals surface area contributed by atoms with Crippen molar-refractivity contribution in [3.8, 4) is 0 Å². The quantitative estimate of drug-likeness (QED) is 0.869. The third-order valence-corrected chi connectivity index (χ3v) is 3.86. The Kier molecular flexibility index (Phi) is 3.78. The summed E-state index contributed by atoms with van der Waals surface area (Å²) in [6.45, 7) is 1.40. The molecule has 1 amide bonds. The van der Waals surface area contributed by atoms with E-state index >= 15 is 0 Å². The number of nitrogens with zero attached hydrogens (tertiary/aromatic N) is 2. The summed E-state index contributed by atoms with van der Waals surface area (Å²) in [7, 11) is 3.63. The zero-order valence-electron chi connectivity index (χ0n) is 10.4. The average molecular weight is 264 g/mol. The second-order valence-electron chi connectivity index (χ2n) is 4.03. The molecule has 0 radical (unpaired) electrons. The summed E-state index contributed by atoms with van der Waals surface area (Å²) in [6, 6.07) is 3.71. The molecule has 96 valence electrons. The molecule has 0 aliphatic rings. The molecule has 18 heavy (non-hydrogen) atoms. The third-order valence-electron chi connectivity index (χ3n) is 2.74. The van der Waals surface area contributed by atoms with E-state index in [1.807, 2.05) is 19.2 Å². The molecule has 0 saturated carbocycles. The first-order valence-electron chi connectivity index (χ1n) is 5.68. The third kappa shape index (κ3) is 2.30. The minimum Gasteiger partial charge on any atom is -0.397 e. The maximum absolute atomic E-state index is 12.2. The molecule has 0 unspecified atom stereocenters. The van der Waals surface area contributed by atoms with Crippen molar-refractivity contribution in [3.05, 3.63) is 23.2 Å². The van der Waals surface area contributed by atoms with Gasteiger partial charge in [0, 0.05) is 31.7 Å². The largest absolute Gasteiger partial charge is 0.397 e. The molecule has 6 heteroatoms. The van der Waals surface area contributed by atoms with Crippen molar-refractivity contribution in [1.82, 2.24) is 15.2 Å². The van der Waals surface area contributed by atoms with Crippen LogP contribution in [0.15, 0.2) is 18.3 Å². The first kappa shape index (κ1) is 12.8. The van der Waals surface area contributed by atoms with Gasteiger partial charge in [0.1, 0.15) is 9.71 Å². The van der Waals surface area contributed by atoms with Crippen LogP contribution in [0.2, 0.25) is 0 Å². The molecule has 2 heterocycles. The normalized spacial score (nSPS) is 10.8. The van der Waals surface area contributed by atoms with Gasteiger partial charge in [0.2, 0.25) is 0 Å². The number of amides is 1. The predicted octanol–water partition coefficient (Wildman–Crippen LogP) is 1.17. The molecule has 2 rings (SSSR count). The summed E-state index contributed by atoms with van der Waals surface area (Å²) >= 11 is 1.35. The second kappa shape index (κ2) is 5.32. The first-order chi connectivity index (χ1) is 8.65. The predicted molar refractivity (Wildman–Crippen MR) is 74.9 cm³/mol. The molecule has 3 N–H and O–H groups in total. The van der Waals surface area contributed by atoms with Crippen LogP contribution in [0.1, 0.15) is 9.67 Å². The molecule has 0 aliphatic carbocycles. The van der Waals surface area contributed by atoms with Crippen LogP contribution in [-0.4, -0.2) is 43.0 Å². The number of pyridine rings is 1. The zero-order valence-corrected chi connectivity index (χ0v) is 11.3. The highest BCUT2D eigenvalue weighted by molar-refractivity contribution is 7.21. The van der Waals surface area contributed by atoms with Crippen molar-refractivity contribution >= 4 is 33.1 Å².